The van der Waals surface area contributed by atoms with Gasteiger partial charge in [-0.1, -0.05) is 13.8 Å². The summed E-state index contributed by atoms with van der Waals surface area (Å²) in [5, 5.41) is 0. The maximum atomic E-state index is 11.7. The van der Waals surface area contributed by atoms with Crippen molar-refractivity contribution >= 4 is 11.7 Å². The second-order valence-corrected chi connectivity index (χ2v) is 4.93. The number of anilines is 1. The molecule has 0 saturated carbocycles. The minimum Gasteiger partial charge on any atom is -0.338 e. The topological polar surface area (TPSA) is 49.3 Å². The molecule has 0 aromatic carbocycles. The molecule has 1 saturated heterocycles. The van der Waals surface area contributed by atoms with Crippen LogP contribution in [0.1, 0.15) is 13.8 Å². The van der Waals surface area contributed by atoms with Crippen LogP contribution >= 0.6 is 0 Å². The molecule has 18 heavy (non-hydrogen) atoms. The van der Waals surface area contributed by atoms with Gasteiger partial charge in [-0.3, -0.25) is 9.69 Å². The minimum absolute atomic E-state index is 0.125. The minimum atomic E-state index is 0.125. The van der Waals surface area contributed by atoms with Crippen molar-refractivity contribution in [2.75, 3.05) is 37.6 Å². The molecule has 0 aliphatic carbocycles. The predicted molar refractivity (Wildman–Crippen MR) is 70.5 cm³/mol. The first-order valence-corrected chi connectivity index (χ1v) is 6.44. The summed E-state index contributed by atoms with van der Waals surface area (Å²) in [6.45, 7) is 8.05. The van der Waals surface area contributed by atoms with Gasteiger partial charge in [0.15, 0.2) is 0 Å². The maximum absolute atomic E-state index is 11.7. The third kappa shape index (κ3) is 3.26. The number of hydrogen-bond donors (Lipinski definition) is 0. The van der Waals surface area contributed by atoms with E-state index in [1.54, 1.807) is 12.4 Å². The molecule has 2 heterocycles. The number of rotatable bonds is 4. The first-order valence-electron chi connectivity index (χ1n) is 6.44. The highest BCUT2D eigenvalue weighted by molar-refractivity contribution is 5.82. The van der Waals surface area contributed by atoms with E-state index in [1.807, 2.05) is 19.9 Å². The summed E-state index contributed by atoms with van der Waals surface area (Å²) < 4.78 is 0. The number of Topliss-reactive ketones (excluding diaryl/α,β-unsaturated/α-hetero) is 1. The Morgan fingerprint density at radius 3 is 2.39 bits per heavy atom. The van der Waals surface area contributed by atoms with Crippen LogP contribution in [0.5, 0.6) is 0 Å². The summed E-state index contributed by atoms with van der Waals surface area (Å²) >= 11 is 0. The normalized spacial score (nSPS) is 17.2. The van der Waals surface area contributed by atoms with Crippen LogP contribution in [0, 0.1) is 5.92 Å². The van der Waals surface area contributed by atoms with Crippen LogP contribution in [0.4, 0.5) is 5.95 Å². The molecule has 5 nitrogen and oxygen atoms in total. The Kier molecular flexibility index (Phi) is 4.25. The standard InChI is InChI=1S/C13H20N4O/c1-11(2)12(18)10-16-6-8-17(9-7-16)13-14-4-3-5-15-13/h3-5,11H,6-10H2,1-2H3. The average molecular weight is 248 g/mol. The zero-order chi connectivity index (χ0) is 13.0. The summed E-state index contributed by atoms with van der Waals surface area (Å²) in [6, 6.07) is 1.82. The molecule has 0 bridgehead atoms. The Morgan fingerprint density at radius 2 is 1.83 bits per heavy atom. The first-order chi connectivity index (χ1) is 8.66. The van der Waals surface area contributed by atoms with E-state index in [1.165, 1.54) is 0 Å². The average Bonchev–Trinajstić information content (AvgIpc) is 2.40. The molecule has 1 aromatic rings. The predicted octanol–water partition coefficient (Wildman–Crippen LogP) is 0.824. The summed E-state index contributed by atoms with van der Waals surface area (Å²) in [5.41, 5.74) is 0. The fourth-order valence-electron chi connectivity index (χ4n) is 1.96. The van der Waals surface area contributed by atoms with E-state index in [4.69, 9.17) is 0 Å². The molecule has 0 amide bonds. The third-order valence-corrected chi connectivity index (χ3v) is 3.23. The highest BCUT2D eigenvalue weighted by Crippen LogP contribution is 2.10. The summed E-state index contributed by atoms with van der Waals surface area (Å²) in [7, 11) is 0. The van der Waals surface area contributed by atoms with E-state index < -0.39 is 0 Å². The zero-order valence-electron chi connectivity index (χ0n) is 11.0. The second kappa shape index (κ2) is 5.91. The largest absolute Gasteiger partial charge is 0.338 e. The van der Waals surface area contributed by atoms with Crippen LogP contribution < -0.4 is 4.90 Å². The molecule has 0 N–H and O–H groups in total. The smallest absolute Gasteiger partial charge is 0.225 e. The van der Waals surface area contributed by atoms with Crippen molar-refractivity contribution in [3.8, 4) is 0 Å². The fourth-order valence-corrected chi connectivity index (χ4v) is 1.96. The van der Waals surface area contributed by atoms with Gasteiger partial charge in [0.2, 0.25) is 5.95 Å². The molecule has 0 radical (unpaired) electrons. The summed E-state index contributed by atoms with van der Waals surface area (Å²) in [4.78, 5) is 24.5. The number of nitrogens with zero attached hydrogens (tertiary/aromatic N) is 4. The van der Waals surface area contributed by atoms with Gasteiger partial charge in [0.1, 0.15) is 5.78 Å². The van der Waals surface area contributed by atoms with Crippen molar-refractivity contribution in [3.63, 3.8) is 0 Å². The summed E-state index contributed by atoms with van der Waals surface area (Å²) in [5.74, 6) is 1.23. The Morgan fingerprint density at radius 1 is 1.22 bits per heavy atom. The lowest BCUT2D eigenvalue weighted by atomic mass is 10.1. The molecule has 0 atom stereocenters. The zero-order valence-corrected chi connectivity index (χ0v) is 11.0. The van der Waals surface area contributed by atoms with Crippen LogP contribution in [0.2, 0.25) is 0 Å². The van der Waals surface area contributed by atoms with Gasteiger partial charge in [0.25, 0.3) is 0 Å². The number of ketones is 1. The number of aromatic nitrogens is 2. The molecule has 1 fully saturated rings. The van der Waals surface area contributed by atoms with E-state index in [-0.39, 0.29) is 5.92 Å². The molecule has 1 aliphatic rings. The number of hydrogen-bond acceptors (Lipinski definition) is 5. The number of piperazine rings is 1. The SMILES string of the molecule is CC(C)C(=O)CN1CCN(c2ncccn2)CC1. The molecule has 0 spiro atoms. The van der Waals surface area contributed by atoms with E-state index in [9.17, 15) is 4.79 Å². The quantitative estimate of drug-likeness (QED) is 0.789. The monoisotopic (exact) mass is 248 g/mol. The van der Waals surface area contributed by atoms with Crippen LogP contribution in [0.3, 0.4) is 0 Å². The van der Waals surface area contributed by atoms with E-state index in [0.29, 0.717) is 12.3 Å². The van der Waals surface area contributed by atoms with Gasteiger partial charge in [0, 0.05) is 44.5 Å². The van der Waals surface area contributed by atoms with Gasteiger partial charge < -0.3 is 4.90 Å². The molecule has 2 rings (SSSR count). The van der Waals surface area contributed by atoms with Gasteiger partial charge in [0.05, 0.1) is 6.54 Å². The molecular weight excluding hydrogens is 228 g/mol. The molecule has 1 aromatic heterocycles. The second-order valence-electron chi connectivity index (χ2n) is 4.93. The van der Waals surface area contributed by atoms with Gasteiger partial charge in [-0.2, -0.15) is 0 Å². The van der Waals surface area contributed by atoms with Crippen molar-refractivity contribution in [3.05, 3.63) is 18.5 Å². The van der Waals surface area contributed by atoms with Crippen LogP contribution in [-0.2, 0) is 4.79 Å². The fraction of sp³-hybridized carbons (Fsp3) is 0.615. The van der Waals surface area contributed by atoms with Crippen molar-refractivity contribution < 1.29 is 4.79 Å². The molecule has 98 valence electrons. The Labute approximate surface area is 108 Å². The number of carbonyl (C=O) groups is 1. The van der Waals surface area contributed by atoms with Gasteiger partial charge in [-0.05, 0) is 6.07 Å². The number of carbonyl (C=O) groups excluding carboxylic acids is 1. The molecular formula is C13H20N4O. The molecule has 5 heteroatoms. The van der Waals surface area contributed by atoms with Crippen LogP contribution in [0.25, 0.3) is 0 Å². The lowest BCUT2D eigenvalue weighted by Crippen LogP contribution is -2.48. The van der Waals surface area contributed by atoms with Crippen molar-refractivity contribution in [1.29, 1.82) is 0 Å². The molecule has 1 aliphatic heterocycles. The van der Waals surface area contributed by atoms with Crippen molar-refractivity contribution in [2.24, 2.45) is 5.92 Å². The van der Waals surface area contributed by atoms with E-state index in [2.05, 4.69) is 19.8 Å². The Hall–Kier alpha value is -1.49. The van der Waals surface area contributed by atoms with Crippen LogP contribution in [0.15, 0.2) is 18.5 Å². The summed E-state index contributed by atoms with van der Waals surface area (Å²) in [6.07, 6.45) is 3.52. The van der Waals surface area contributed by atoms with E-state index in [0.717, 1.165) is 32.1 Å². The maximum Gasteiger partial charge on any atom is 0.225 e. The first kappa shape index (κ1) is 13.0. The highest BCUT2D eigenvalue weighted by atomic mass is 16.1. The van der Waals surface area contributed by atoms with Crippen LogP contribution in [-0.4, -0.2) is 53.4 Å². The van der Waals surface area contributed by atoms with Gasteiger partial charge in [-0.25, -0.2) is 9.97 Å². The Balaban J connectivity index is 1.83. The molecule has 0 unspecified atom stereocenters. The highest BCUT2D eigenvalue weighted by Gasteiger charge is 2.21. The lowest BCUT2D eigenvalue weighted by Gasteiger charge is -2.34. The van der Waals surface area contributed by atoms with Crippen molar-refractivity contribution in [1.82, 2.24) is 14.9 Å². The Bertz CT molecular complexity index is 385. The van der Waals surface area contributed by atoms with E-state index >= 15 is 0 Å². The lowest BCUT2D eigenvalue weighted by molar-refractivity contribution is -0.123. The van der Waals surface area contributed by atoms with Crippen molar-refractivity contribution in [2.45, 2.75) is 13.8 Å². The van der Waals surface area contributed by atoms with Gasteiger partial charge in [-0.15, -0.1) is 0 Å². The van der Waals surface area contributed by atoms with Gasteiger partial charge >= 0.3 is 0 Å². The third-order valence-electron chi connectivity index (χ3n) is 3.23.